The minimum absolute atomic E-state index is 0.170. The fraction of sp³-hybridized carbons (Fsp3) is 0.0455. The van der Waals surface area contributed by atoms with Crippen LogP contribution in [0, 0.1) is 5.41 Å². The number of hydrogen-bond acceptors (Lipinski definition) is 4. The van der Waals surface area contributed by atoms with Crippen molar-refractivity contribution in [2.75, 3.05) is 11.1 Å². The first-order valence-electron chi connectivity index (χ1n) is 8.66. The van der Waals surface area contributed by atoms with Crippen molar-refractivity contribution in [1.82, 2.24) is 4.57 Å². The van der Waals surface area contributed by atoms with Gasteiger partial charge >= 0.3 is 0 Å². The average Bonchev–Trinajstić information content (AvgIpc) is 2.71. The molecule has 0 aliphatic rings. The molecule has 0 radical (unpaired) electrons. The van der Waals surface area contributed by atoms with Gasteiger partial charge in [0, 0.05) is 29.4 Å². The molecule has 0 bridgehead atoms. The van der Waals surface area contributed by atoms with Crippen molar-refractivity contribution in [3.8, 4) is 5.69 Å². The highest BCUT2D eigenvalue weighted by molar-refractivity contribution is 5.99. The van der Waals surface area contributed by atoms with Gasteiger partial charge < -0.3 is 16.5 Å². The predicted molar refractivity (Wildman–Crippen MR) is 112 cm³/mol. The van der Waals surface area contributed by atoms with Crippen molar-refractivity contribution < 1.29 is 4.79 Å². The lowest BCUT2D eigenvalue weighted by atomic mass is 10.0. The van der Waals surface area contributed by atoms with Crippen LogP contribution in [0.3, 0.4) is 0 Å². The third kappa shape index (κ3) is 3.91. The van der Waals surface area contributed by atoms with E-state index >= 15 is 0 Å². The molecular formula is C22H20N4O2. The van der Waals surface area contributed by atoms with Crippen molar-refractivity contribution >= 4 is 23.6 Å². The number of anilines is 2. The van der Waals surface area contributed by atoms with Crippen molar-refractivity contribution in [3.05, 3.63) is 100 Å². The number of hydrogen-bond donors (Lipinski definition) is 3. The second-order valence-electron chi connectivity index (χ2n) is 6.20. The molecule has 0 fully saturated rings. The van der Waals surface area contributed by atoms with Gasteiger partial charge in [-0.2, -0.15) is 0 Å². The Morgan fingerprint density at radius 1 is 1.14 bits per heavy atom. The molecule has 6 heteroatoms. The summed E-state index contributed by atoms with van der Waals surface area (Å²) >= 11 is 0. The Labute approximate surface area is 162 Å². The molecular weight excluding hydrogens is 352 g/mol. The quantitative estimate of drug-likeness (QED) is 0.458. The van der Waals surface area contributed by atoms with Crippen molar-refractivity contribution in [2.24, 2.45) is 0 Å². The fourth-order valence-electron chi connectivity index (χ4n) is 2.94. The Morgan fingerprint density at radius 3 is 2.57 bits per heavy atom. The second-order valence-corrected chi connectivity index (χ2v) is 6.20. The van der Waals surface area contributed by atoms with Gasteiger partial charge in [-0.1, -0.05) is 43.0 Å². The number of rotatable bonds is 6. The van der Waals surface area contributed by atoms with E-state index in [2.05, 4.69) is 11.9 Å². The van der Waals surface area contributed by atoms with Crippen LogP contribution in [-0.4, -0.2) is 16.7 Å². The summed E-state index contributed by atoms with van der Waals surface area (Å²) in [5.41, 5.74) is 8.89. The van der Waals surface area contributed by atoms with E-state index in [-0.39, 0.29) is 17.3 Å². The molecule has 0 unspecified atom stereocenters. The van der Waals surface area contributed by atoms with Gasteiger partial charge in [0.15, 0.2) is 0 Å². The van der Waals surface area contributed by atoms with E-state index in [1.165, 1.54) is 10.6 Å². The van der Waals surface area contributed by atoms with E-state index in [4.69, 9.17) is 11.1 Å². The van der Waals surface area contributed by atoms with E-state index < -0.39 is 0 Å². The van der Waals surface area contributed by atoms with Gasteiger partial charge in [-0.25, -0.2) is 0 Å². The number of nitrogens with one attached hydrogen (secondary N) is 2. The average molecular weight is 372 g/mol. The maximum absolute atomic E-state index is 13.2. The highest BCUT2D eigenvalue weighted by atomic mass is 16.1. The van der Waals surface area contributed by atoms with E-state index in [9.17, 15) is 9.59 Å². The van der Waals surface area contributed by atoms with Crippen LogP contribution in [-0.2, 0) is 11.2 Å². The van der Waals surface area contributed by atoms with Gasteiger partial charge in [-0.05, 0) is 35.9 Å². The molecule has 1 amide bonds. The van der Waals surface area contributed by atoms with Crippen molar-refractivity contribution in [3.63, 3.8) is 0 Å². The van der Waals surface area contributed by atoms with E-state index in [0.717, 1.165) is 11.8 Å². The molecule has 28 heavy (non-hydrogen) atoms. The summed E-state index contributed by atoms with van der Waals surface area (Å²) in [5.74, 6) is -0.181. The molecule has 0 aliphatic heterocycles. The Balaban J connectivity index is 2.12. The molecule has 6 nitrogen and oxygen atoms in total. The maximum Gasteiger partial charge on any atom is 0.260 e. The zero-order valence-corrected chi connectivity index (χ0v) is 15.2. The number of pyridine rings is 1. The fourth-order valence-corrected chi connectivity index (χ4v) is 2.94. The minimum atomic E-state index is -0.351. The van der Waals surface area contributed by atoms with Crippen LogP contribution in [0.5, 0.6) is 0 Å². The smallest absolute Gasteiger partial charge is 0.260 e. The lowest BCUT2D eigenvalue weighted by Gasteiger charge is -2.15. The summed E-state index contributed by atoms with van der Waals surface area (Å²) in [6.07, 6.45) is 2.72. The number of aromatic nitrogens is 1. The van der Waals surface area contributed by atoms with Crippen molar-refractivity contribution in [2.45, 2.75) is 6.42 Å². The van der Waals surface area contributed by atoms with Crippen LogP contribution in [0.25, 0.3) is 5.69 Å². The van der Waals surface area contributed by atoms with Gasteiger partial charge in [-0.15, -0.1) is 0 Å². The highest BCUT2D eigenvalue weighted by Crippen LogP contribution is 2.20. The zero-order valence-electron chi connectivity index (χ0n) is 15.2. The van der Waals surface area contributed by atoms with Crippen LogP contribution in [0.1, 0.15) is 16.7 Å². The summed E-state index contributed by atoms with van der Waals surface area (Å²) in [6.45, 7) is 3.43. The van der Waals surface area contributed by atoms with Crippen LogP contribution >= 0.6 is 0 Å². The summed E-state index contributed by atoms with van der Waals surface area (Å²) in [5, 5.41) is 10.3. The molecule has 140 valence electrons. The van der Waals surface area contributed by atoms with Gasteiger partial charge in [0.1, 0.15) is 5.82 Å². The molecule has 0 saturated carbocycles. The normalized spacial score (nSPS) is 10.3. The number of nitrogens with zero attached hydrogens (tertiary/aromatic N) is 1. The first kappa shape index (κ1) is 18.8. The summed E-state index contributed by atoms with van der Waals surface area (Å²) in [7, 11) is 0. The summed E-state index contributed by atoms with van der Waals surface area (Å²) in [6, 6.07) is 18.1. The molecule has 3 aromatic rings. The first-order chi connectivity index (χ1) is 13.5. The van der Waals surface area contributed by atoms with Crippen LogP contribution in [0.2, 0.25) is 0 Å². The molecule has 3 rings (SSSR count). The molecule has 1 heterocycles. The Hall–Kier alpha value is -3.93. The lowest BCUT2D eigenvalue weighted by Crippen LogP contribution is -2.26. The van der Waals surface area contributed by atoms with E-state index in [1.54, 1.807) is 30.3 Å². The molecule has 4 N–H and O–H groups in total. The lowest BCUT2D eigenvalue weighted by molar-refractivity contribution is -0.111. The van der Waals surface area contributed by atoms with Gasteiger partial charge in [0.25, 0.3) is 5.56 Å². The van der Waals surface area contributed by atoms with Crippen molar-refractivity contribution in [1.29, 1.82) is 5.41 Å². The number of benzene rings is 2. The minimum Gasteiger partial charge on any atom is -0.384 e. The van der Waals surface area contributed by atoms with Crippen LogP contribution in [0.15, 0.2) is 78.1 Å². The number of nitrogen functional groups attached to an aromatic ring is 1. The van der Waals surface area contributed by atoms with Crippen LogP contribution < -0.4 is 16.6 Å². The standard InChI is InChI=1S/C22H20N4O2/c1-2-20(27)25-18-9-6-10-19(13-18)26-21(24)17(14-23)12-16(22(26)28)11-15-7-4-3-5-8-15/h2-10,12-14,23H,1,11,24H2,(H,25,27). The second kappa shape index (κ2) is 8.18. The predicted octanol–water partition coefficient (Wildman–Crippen LogP) is 3.13. The monoisotopic (exact) mass is 372 g/mol. The number of carbonyl (C=O) groups is 1. The Kier molecular flexibility index (Phi) is 5.50. The zero-order chi connectivity index (χ0) is 20.1. The molecule has 1 aromatic heterocycles. The number of carbonyl (C=O) groups excluding carboxylic acids is 1. The first-order valence-corrected chi connectivity index (χ1v) is 8.66. The highest BCUT2D eigenvalue weighted by Gasteiger charge is 2.14. The molecule has 0 aliphatic carbocycles. The third-order valence-corrected chi connectivity index (χ3v) is 4.29. The number of nitrogens with two attached hydrogens (primary N) is 1. The van der Waals surface area contributed by atoms with Crippen LogP contribution in [0.4, 0.5) is 11.5 Å². The Morgan fingerprint density at radius 2 is 1.89 bits per heavy atom. The molecule has 0 spiro atoms. The molecule has 0 atom stereocenters. The number of amides is 1. The Bertz CT molecular complexity index is 1100. The molecule has 0 saturated heterocycles. The maximum atomic E-state index is 13.2. The van der Waals surface area contributed by atoms with Gasteiger partial charge in [-0.3, -0.25) is 14.2 Å². The van der Waals surface area contributed by atoms with Gasteiger partial charge in [0.05, 0.1) is 5.69 Å². The molecule has 2 aromatic carbocycles. The largest absolute Gasteiger partial charge is 0.384 e. The SMILES string of the molecule is C=CC(=O)Nc1cccc(-n2c(N)c(C=N)cc(Cc3ccccc3)c2=O)c1. The van der Waals surface area contributed by atoms with Gasteiger partial charge in [0.2, 0.25) is 5.91 Å². The topological polar surface area (TPSA) is 101 Å². The van der Waals surface area contributed by atoms with E-state index in [0.29, 0.717) is 28.9 Å². The summed E-state index contributed by atoms with van der Waals surface area (Å²) in [4.78, 5) is 24.7. The third-order valence-electron chi connectivity index (χ3n) is 4.29. The summed E-state index contributed by atoms with van der Waals surface area (Å²) < 4.78 is 1.36. The van der Waals surface area contributed by atoms with E-state index in [1.807, 2.05) is 30.3 Å².